The van der Waals surface area contributed by atoms with E-state index in [2.05, 4.69) is 5.32 Å². The summed E-state index contributed by atoms with van der Waals surface area (Å²) in [6.45, 7) is 5.51. The highest BCUT2D eigenvalue weighted by Gasteiger charge is 2.29. The molecule has 0 spiro atoms. The Morgan fingerprint density at radius 3 is 2.52 bits per heavy atom. The first-order valence-electron chi connectivity index (χ1n) is 8.45. The Labute approximate surface area is 138 Å². The van der Waals surface area contributed by atoms with E-state index >= 15 is 0 Å². The Balaban J connectivity index is 1.88. The van der Waals surface area contributed by atoms with Gasteiger partial charge in [0, 0.05) is 19.1 Å². The van der Waals surface area contributed by atoms with Gasteiger partial charge in [0.15, 0.2) is 12.6 Å². The Morgan fingerprint density at radius 2 is 1.96 bits per heavy atom. The topological polar surface area (TPSA) is 53.9 Å². The van der Waals surface area contributed by atoms with Crippen molar-refractivity contribution >= 4 is 11.8 Å². The van der Waals surface area contributed by atoms with Gasteiger partial charge >= 0.3 is 0 Å². The lowest BCUT2D eigenvalue weighted by Crippen LogP contribution is -3.15. The maximum Gasteiger partial charge on any atom is 0.280 e. The number of nitrogens with one attached hydrogen (secondary N) is 2. The van der Waals surface area contributed by atoms with Gasteiger partial charge in [-0.1, -0.05) is 30.3 Å². The van der Waals surface area contributed by atoms with Crippen molar-refractivity contribution in [2.75, 3.05) is 20.1 Å². The second-order valence-electron chi connectivity index (χ2n) is 6.42. The molecule has 1 saturated carbocycles. The molecule has 0 aliphatic heterocycles. The van der Waals surface area contributed by atoms with Crippen LogP contribution in [0.25, 0.3) is 0 Å². The van der Waals surface area contributed by atoms with Crippen LogP contribution in [0.4, 0.5) is 0 Å². The molecule has 1 unspecified atom stereocenters. The smallest absolute Gasteiger partial charge is 0.280 e. The van der Waals surface area contributed by atoms with Gasteiger partial charge in [-0.3, -0.25) is 9.59 Å². The lowest BCUT2D eigenvalue weighted by molar-refractivity contribution is -0.886. The van der Waals surface area contributed by atoms with Crippen molar-refractivity contribution in [3.8, 4) is 0 Å². The summed E-state index contributed by atoms with van der Waals surface area (Å²) in [4.78, 5) is 27.4. The molecule has 1 aliphatic carbocycles. The number of carbonyl (C=O) groups excluding carboxylic acids is 2. The summed E-state index contributed by atoms with van der Waals surface area (Å²) in [6, 6.07) is 10.1. The zero-order valence-corrected chi connectivity index (χ0v) is 14.3. The second kappa shape index (κ2) is 8.11. The molecule has 1 aromatic carbocycles. The fourth-order valence-corrected chi connectivity index (χ4v) is 2.55. The molecule has 2 N–H and O–H groups in total. The van der Waals surface area contributed by atoms with Crippen molar-refractivity contribution in [1.82, 2.24) is 10.2 Å². The molecule has 2 amide bonds. The van der Waals surface area contributed by atoms with E-state index in [0.717, 1.165) is 23.3 Å². The molecule has 126 valence electrons. The van der Waals surface area contributed by atoms with Crippen LogP contribution < -0.4 is 10.2 Å². The lowest BCUT2D eigenvalue weighted by atomic mass is 10.2. The zero-order valence-electron chi connectivity index (χ0n) is 14.3. The number of carbonyl (C=O) groups is 2. The number of nitrogens with zero attached hydrogens (tertiary/aromatic N) is 1. The molecule has 23 heavy (non-hydrogen) atoms. The summed E-state index contributed by atoms with van der Waals surface area (Å²) in [7, 11) is 1.91. The summed E-state index contributed by atoms with van der Waals surface area (Å²) in [5, 5.41) is 2.98. The zero-order chi connectivity index (χ0) is 16.8. The lowest BCUT2D eigenvalue weighted by Gasteiger charge is -2.27. The van der Waals surface area contributed by atoms with Crippen molar-refractivity contribution in [3.63, 3.8) is 0 Å². The average Bonchev–Trinajstić information content (AvgIpc) is 3.35. The van der Waals surface area contributed by atoms with E-state index in [1.165, 1.54) is 0 Å². The van der Waals surface area contributed by atoms with Crippen molar-refractivity contribution in [3.05, 3.63) is 35.9 Å². The van der Waals surface area contributed by atoms with Crippen molar-refractivity contribution < 1.29 is 14.5 Å². The molecule has 5 nitrogen and oxygen atoms in total. The van der Waals surface area contributed by atoms with Gasteiger partial charge < -0.3 is 15.1 Å². The van der Waals surface area contributed by atoms with Crippen molar-refractivity contribution in [1.29, 1.82) is 0 Å². The third-order valence-corrected chi connectivity index (χ3v) is 4.40. The van der Waals surface area contributed by atoms with Crippen LogP contribution in [0.1, 0.15) is 32.3 Å². The number of amides is 2. The molecule has 1 aliphatic rings. The highest BCUT2D eigenvalue weighted by Crippen LogP contribution is 2.18. The van der Waals surface area contributed by atoms with Gasteiger partial charge in [-0.15, -0.1) is 0 Å². The monoisotopic (exact) mass is 318 g/mol. The second-order valence-corrected chi connectivity index (χ2v) is 6.42. The van der Waals surface area contributed by atoms with Crippen molar-refractivity contribution in [2.24, 2.45) is 0 Å². The minimum atomic E-state index is -0.233. The number of hydrogen-bond donors (Lipinski definition) is 2. The van der Waals surface area contributed by atoms with Crippen LogP contribution in [0.3, 0.4) is 0 Å². The minimum Gasteiger partial charge on any atom is -0.348 e. The quantitative estimate of drug-likeness (QED) is 0.720. The van der Waals surface area contributed by atoms with Crippen LogP contribution in [0.2, 0.25) is 0 Å². The van der Waals surface area contributed by atoms with Crippen LogP contribution in [0.15, 0.2) is 30.3 Å². The Hall–Kier alpha value is -1.88. The third-order valence-electron chi connectivity index (χ3n) is 4.40. The first-order valence-corrected chi connectivity index (χ1v) is 8.45. The van der Waals surface area contributed by atoms with Crippen LogP contribution in [0, 0.1) is 0 Å². The molecule has 2 rings (SSSR count). The number of hydrogen-bond acceptors (Lipinski definition) is 2. The molecule has 2 atom stereocenters. The van der Waals surface area contributed by atoms with Gasteiger partial charge in [0.1, 0.15) is 0 Å². The summed E-state index contributed by atoms with van der Waals surface area (Å²) in [5.41, 5.74) is 1.12. The molecule has 1 aromatic rings. The van der Waals surface area contributed by atoms with Crippen molar-refractivity contribution in [2.45, 2.75) is 45.3 Å². The van der Waals surface area contributed by atoms with E-state index in [9.17, 15) is 9.59 Å². The third kappa shape index (κ3) is 5.36. The number of quaternary nitrogens is 1. The summed E-state index contributed by atoms with van der Waals surface area (Å²) in [5.74, 6) is 0.129. The molecular weight excluding hydrogens is 290 g/mol. The van der Waals surface area contributed by atoms with Gasteiger partial charge in [0.25, 0.3) is 11.8 Å². The first kappa shape index (κ1) is 17.5. The van der Waals surface area contributed by atoms with E-state index < -0.39 is 0 Å². The van der Waals surface area contributed by atoms with Gasteiger partial charge in [0.2, 0.25) is 0 Å². The predicted octanol–water partition coefficient (Wildman–Crippen LogP) is 0.217. The Kier molecular flexibility index (Phi) is 6.16. The maximum atomic E-state index is 12.7. The number of rotatable bonds is 8. The van der Waals surface area contributed by atoms with E-state index in [0.29, 0.717) is 25.7 Å². The molecule has 0 heterocycles. The fourth-order valence-electron chi connectivity index (χ4n) is 2.55. The van der Waals surface area contributed by atoms with E-state index in [-0.39, 0.29) is 17.9 Å². The van der Waals surface area contributed by atoms with E-state index in [1.807, 2.05) is 56.1 Å². The highest BCUT2D eigenvalue weighted by molar-refractivity contribution is 5.81. The number of likely N-dealkylation sites (N-methyl/N-ethyl adjacent to an activating group) is 2. The average molecular weight is 318 g/mol. The van der Waals surface area contributed by atoms with E-state index in [4.69, 9.17) is 0 Å². The minimum absolute atomic E-state index is 0.0377. The van der Waals surface area contributed by atoms with E-state index in [1.54, 1.807) is 0 Å². The van der Waals surface area contributed by atoms with Gasteiger partial charge in [0.05, 0.1) is 7.05 Å². The summed E-state index contributed by atoms with van der Waals surface area (Å²) in [6.07, 6.45) is 2.17. The molecule has 0 bridgehead atoms. The van der Waals surface area contributed by atoms with Gasteiger partial charge in [-0.05, 0) is 32.3 Å². The summed E-state index contributed by atoms with van der Waals surface area (Å²) < 4.78 is 0. The molecule has 0 saturated heterocycles. The highest BCUT2D eigenvalue weighted by atomic mass is 16.2. The molecule has 5 heteroatoms. The standard InChI is InChI=1S/C18H27N3O2/c1-4-21(12-15-8-6-5-7-9-15)18(23)14(2)20(3)13-17(22)19-16-10-11-16/h5-9,14,16H,4,10-13H2,1-3H3,(H,19,22)/p+1/t14-/m1/s1. The van der Waals surface area contributed by atoms with Gasteiger partial charge in [-0.25, -0.2) is 0 Å². The van der Waals surface area contributed by atoms with Crippen LogP contribution in [-0.4, -0.2) is 48.9 Å². The van der Waals surface area contributed by atoms with Crippen LogP contribution >= 0.6 is 0 Å². The maximum absolute atomic E-state index is 12.7. The molecular formula is C18H28N3O2+. The number of benzene rings is 1. The van der Waals surface area contributed by atoms with Crippen LogP contribution in [-0.2, 0) is 16.1 Å². The molecule has 1 fully saturated rings. The normalized spacial score (nSPS) is 16.5. The van der Waals surface area contributed by atoms with Crippen LogP contribution in [0.5, 0.6) is 0 Å². The predicted molar refractivity (Wildman–Crippen MR) is 89.9 cm³/mol. The van der Waals surface area contributed by atoms with Gasteiger partial charge in [-0.2, -0.15) is 0 Å². The SMILES string of the molecule is CCN(Cc1ccccc1)C(=O)[C@@H](C)[NH+](C)CC(=O)NC1CC1. The Morgan fingerprint density at radius 1 is 1.30 bits per heavy atom. The Bertz CT molecular complexity index is 528. The molecule has 0 aromatic heterocycles. The fraction of sp³-hybridized carbons (Fsp3) is 0.556. The first-order chi connectivity index (χ1) is 11.0. The largest absolute Gasteiger partial charge is 0.348 e. The summed E-state index contributed by atoms with van der Waals surface area (Å²) >= 11 is 0. The molecule has 0 radical (unpaired) electrons.